The SMILES string of the molecule is CCNCc1cn(Cc2cncc(Br)c2)nn1. The van der Waals surface area contributed by atoms with Crippen molar-refractivity contribution in [1.29, 1.82) is 0 Å². The third-order valence-corrected chi connectivity index (χ3v) is 2.68. The molecule has 0 bridgehead atoms. The van der Waals surface area contributed by atoms with Crippen molar-refractivity contribution in [2.45, 2.75) is 20.0 Å². The van der Waals surface area contributed by atoms with Crippen LogP contribution in [0.3, 0.4) is 0 Å². The number of hydrogen-bond acceptors (Lipinski definition) is 4. The standard InChI is InChI=1S/C11H14BrN5/c1-2-13-6-11-8-17(16-15-11)7-9-3-10(12)5-14-4-9/h3-5,8,13H,2,6-7H2,1H3. The van der Waals surface area contributed by atoms with E-state index in [-0.39, 0.29) is 0 Å². The molecule has 6 heteroatoms. The van der Waals surface area contributed by atoms with Crippen molar-refractivity contribution in [2.24, 2.45) is 0 Å². The van der Waals surface area contributed by atoms with Crippen LogP contribution in [0.15, 0.2) is 29.1 Å². The molecule has 0 atom stereocenters. The highest BCUT2D eigenvalue weighted by Gasteiger charge is 2.01. The van der Waals surface area contributed by atoms with Gasteiger partial charge in [-0.05, 0) is 34.1 Å². The molecule has 90 valence electrons. The molecule has 0 fully saturated rings. The molecule has 2 rings (SSSR count). The Morgan fingerprint density at radius 2 is 2.29 bits per heavy atom. The predicted octanol–water partition coefficient (Wildman–Crippen LogP) is 1.59. The highest BCUT2D eigenvalue weighted by atomic mass is 79.9. The third kappa shape index (κ3) is 3.61. The number of nitrogens with one attached hydrogen (secondary N) is 1. The van der Waals surface area contributed by atoms with E-state index in [9.17, 15) is 0 Å². The Hall–Kier alpha value is -1.27. The molecule has 0 radical (unpaired) electrons. The van der Waals surface area contributed by atoms with Crippen LogP contribution in [0.4, 0.5) is 0 Å². The van der Waals surface area contributed by atoms with Gasteiger partial charge in [-0.2, -0.15) is 0 Å². The molecule has 0 saturated carbocycles. The summed E-state index contributed by atoms with van der Waals surface area (Å²) < 4.78 is 2.79. The van der Waals surface area contributed by atoms with Gasteiger partial charge in [0.05, 0.1) is 18.4 Å². The van der Waals surface area contributed by atoms with E-state index in [0.717, 1.165) is 28.8 Å². The van der Waals surface area contributed by atoms with Crippen molar-refractivity contribution in [3.05, 3.63) is 40.4 Å². The minimum Gasteiger partial charge on any atom is -0.311 e. The molecule has 0 spiro atoms. The van der Waals surface area contributed by atoms with Crippen LogP contribution in [0.5, 0.6) is 0 Å². The molecule has 0 aliphatic rings. The van der Waals surface area contributed by atoms with Crippen LogP contribution >= 0.6 is 15.9 Å². The Kier molecular flexibility index (Phi) is 4.22. The summed E-state index contributed by atoms with van der Waals surface area (Å²) >= 11 is 3.40. The molecule has 2 aromatic rings. The molecule has 17 heavy (non-hydrogen) atoms. The summed E-state index contributed by atoms with van der Waals surface area (Å²) in [6, 6.07) is 2.03. The van der Waals surface area contributed by atoms with Gasteiger partial charge >= 0.3 is 0 Å². The molecule has 0 unspecified atom stereocenters. The van der Waals surface area contributed by atoms with Gasteiger partial charge in [0.1, 0.15) is 0 Å². The van der Waals surface area contributed by atoms with Crippen LogP contribution in [-0.4, -0.2) is 26.5 Å². The first-order chi connectivity index (χ1) is 8.28. The Balaban J connectivity index is 2.01. The fourth-order valence-corrected chi connectivity index (χ4v) is 1.89. The van der Waals surface area contributed by atoms with Gasteiger partial charge in [0, 0.05) is 23.4 Å². The zero-order chi connectivity index (χ0) is 12.1. The zero-order valence-electron chi connectivity index (χ0n) is 9.60. The van der Waals surface area contributed by atoms with Crippen LogP contribution < -0.4 is 5.32 Å². The van der Waals surface area contributed by atoms with Crippen molar-refractivity contribution in [2.75, 3.05) is 6.54 Å². The lowest BCUT2D eigenvalue weighted by atomic mass is 10.3. The normalized spacial score (nSPS) is 10.7. The number of nitrogens with zero attached hydrogens (tertiary/aromatic N) is 4. The molecular weight excluding hydrogens is 282 g/mol. The van der Waals surface area contributed by atoms with Crippen molar-refractivity contribution in [3.8, 4) is 0 Å². The minimum atomic E-state index is 0.686. The predicted molar refractivity (Wildman–Crippen MR) is 68.4 cm³/mol. The average molecular weight is 296 g/mol. The van der Waals surface area contributed by atoms with Gasteiger partial charge in [0.25, 0.3) is 0 Å². The van der Waals surface area contributed by atoms with E-state index in [0.29, 0.717) is 6.54 Å². The topological polar surface area (TPSA) is 55.6 Å². The Bertz CT molecular complexity index is 482. The highest BCUT2D eigenvalue weighted by Crippen LogP contribution is 2.10. The van der Waals surface area contributed by atoms with Crippen LogP contribution in [-0.2, 0) is 13.1 Å². The van der Waals surface area contributed by atoms with Crippen molar-refractivity contribution in [1.82, 2.24) is 25.3 Å². The average Bonchev–Trinajstić information content (AvgIpc) is 2.74. The van der Waals surface area contributed by atoms with Crippen molar-refractivity contribution >= 4 is 15.9 Å². The summed E-state index contributed by atoms with van der Waals surface area (Å²) in [7, 11) is 0. The molecular formula is C11H14BrN5. The first kappa shape index (κ1) is 12.2. The largest absolute Gasteiger partial charge is 0.311 e. The molecule has 2 heterocycles. The van der Waals surface area contributed by atoms with Crippen molar-refractivity contribution < 1.29 is 0 Å². The summed E-state index contributed by atoms with van der Waals surface area (Å²) in [4.78, 5) is 4.12. The number of pyridine rings is 1. The van der Waals surface area contributed by atoms with Gasteiger partial charge in [-0.15, -0.1) is 5.10 Å². The maximum Gasteiger partial charge on any atom is 0.0964 e. The quantitative estimate of drug-likeness (QED) is 0.910. The maximum atomic E-state index is 4.12. The Morgan fingerprint density at radius 1 is 1.41 bits per heavy atom. The molecule has 0 amide bonds. The van der Waals surface area contributed by atoms with Crippen LogP contribution in [0.1, 0.15) is 18.2 Å². The van der Waals surface area contributed by atoms with E-state index in [2.05, 4.69) is 43.5 Å². The fraction of sp³-hybridized carbons (Fsp3) is 0.364. The Labute approximate surface area is 108 Å². The summed E-state index contributed by atoms with van der Waals surface area (Å²) in [5, 5.41) is 11.4. The van der Waals surface area contributed by atoms with E-state index in [4.69, 9.17) is 0 Å². The van der Waals surface area contributed by atoms with Gasteiger partial charge in [0.2, 0.25) is 0 Å². The zero-order valence-corrected chi connectivity index (χ0v) is 11.2. The first-order valence-electron chi connectivity index (χ1n) is 5.47. The Morgan fingerprint density at radius 3 is 3.06 bits per heavy atom. The van der Waals surface area contributed by atoms with Crippen LogP contribution in [0.2, 0.25) is 0 Å². The van der Waals surface area contributed by atoms with E-state index in [1.165, 1.54) is 0 Å². The van der Waals surface area contributed by atoms with E-state index >= 15 is 0 Å². The fourth-order valence-electron chi connectivity index (χ4n) is 1.48. The molecule has 1 N–H and O–H groups in total. The number of hydrogen-bond donors (Lipinski definition) is 1. The molecule has 0 aliphatic carbocycles. The molecule has 0 aromatic carbocycles. The summed E-state index contributed by atoms with van der Waals surface area (Å²) in [6.45, 7) is 4.44. The van der Waals surface area contributed by atoms with E-state index in [1.54, 1.807) is 6.20 Å². The molecule has 2 aromatic heterocycles. The van der Waals surface area contributed by atoms with Gasteiger partial charge in [0.15, 0.2) is 0 Å². The number of rotatable bonds is 5. The third-order valence-electron chi connectivity index (χ3n) is 2.25. The maximum absolute atomic E-state index is 4.12. The first-order valence-corrected chi connectivity index (χ1v) is 6.26. The van der Waals surface area contributed by atoms with Crippen molar-refractivity contribution in [3.63, 3.8) is 0 Å². The van der Waals surface area contributed by atoms with Gasteiger partial charge < -0.3 is 5.32 Å². The van der Waals surface area contributed by atoms with Gasteiger partial charge in [-0.3, -0.25) is 4.98 Å². The lowest BCUT2D eigenvalue weighted by Crippen LogP contribution is -2.11. The highest BCUT2D eigenvalue weighted by molar-refractivity contribution is 9.10. The second-order valence-corrected chi connectivity index (χ2v) is 4.61. The monoisotopic (exact) mass is 295 g/mol. The smallest absolute Gasteiger partial charge is 0.0964 e. The summed E-state index contributed by atoms with van der Waals surface area (Å²) in [6.07, 6.45) is 5.54. The lowest BCUT2D eigenvalue weighted by molar-refractivity contribution is 0.646. The van der Waals surface area contributed by atoms with E-state index in [1.807, 2.05) is 23.1 Å². The second kappa shape index (κ2) is 5.88. The molecule has 5 nitrogen and oxygen atoms in total. The van der Waals surface area contributed by atoms with Gasteiger partial charge in [-0.1, -0.05) is 12.1 Å². The van der Waals surface area contributed by atoms with E-state index < -0.39 is 0 Å². The number of halogens is 1. The molecule has 0 saturated heterocycles. The van der Waals surface area contributed by atoms with Crippen LogP contribution in [0.25, 0.3) is 0 Å². The summed E-state index contributed by atoms with van der Waals surface area (Å²) in [5.41, 5.74) is 2.05. The van der Waals surface area contributed by atoms with Gasteiger partial charge in [-0.25, -0.2) is 4.68 Å². The lowest BCUT2D eigenvalue weighted by Gasteiger charge is -2.00. The molecule has 0 aliphatic heterocycles. The summed E-state index contributed by atoms with van der Waals surface area (Å²) in [5.74, 6) is 0. The van der Waals surface area contributed by atoms with Crippen LogP contribution in [0, 0.1) is 0 Å². The minimum absolute atomic E-state index is 0.686. The number of aromatic nitrogens is 4. The second-order valence-electron chi connectivity index (χ2n) is 3.70.